The van der Waals surface area contributed by atoms with Crippen LogP contribution in [0.3, 0.4) is 0 Å². The van der Waals surface area contributed by atoms with Gasteiger partial charge >= 0.3 is 0 Å². The van der Waals surface area contributed by atoms with Crippen LogP contribution in [0, 0.1) is 0 Å². The van der Waals surface area contributed by atoms with Gasteiger partial charge in [-0.2, -0.15) is 12.8 Å². The summed E-state index contributed by atoms with van der Waals surface area (Å²) in [5.74, 6) is 0. The first-order valence-corrected chi connectivity index (χ1v) is 7.36. The van der Waals surface area contributed by atoms with Crippen LogP contribution in [0.4, 0.5) is 0 Å². The van der Waals surface area contributed by atoms with Crippen molar-refractivity contribution in [1.82, 2.24) is 4.98 Å². The number of hydrogen-bond acceptors (Lipinski definition) is 3. The van der Waals surface area contributed by atoms with Crippen LogP contribution in [0.1, 0.15) is 18.1 Å². The van der Waals surface area contributed by atoms with Crippen LogP contribution in [0.15, 0.2) is 58.1 Å². The molecule has 98 valence electrons. The average Bonchev–Trinajstić information content (AvgIpc) is 2.47. The summed E-state index contributed by atoms with van der Waals surface area (Å²) in [7, 11) is -3.72. The first kappa shape index (κ1) is 13.4. The maximum absolute atomic E-state index is 11.9. The van der Waals surface area contributed by atoms with E-state index in [1.165, 1.54) is 24.0 Å². The Bertz CT molecular complexity index is 662. The molecule has 0 aliphatic rings. The maximum Gasteiger partial charge on any atom is 0.299 e. The zero-order valence-corrected chi connectivity index (χ0v) is 11.3. The number of rotatable bonds is 4. The Labute approximate surface area is 112 Å². The van der Waals surface area contributed by atoms with Crippen molar-refractivity contribution in [2.45, 2.75) is 18.4 Å². The van der Waals surface area contributed by atoms with E-state index in [4.69, 9.17) is 0 Å². The van der Waals surface area contributed by atoms with E-state index in [2.05, 4.69) is 16.3 Å². The molecule has 0 N–H and O–H groups in total. The van der Waals surface area contributed by atoms with E-state index in [0.717, 1.165) is 12.0 Å². The van der Waals surface area contributed by atoms with E-state index in [-0.39, 0.29) is 5.03 Å². The number of hydrogen-bond donors (Lipinski definition) is 0. The Hall–Kier alpha value is -2.01. The molecule has 0 bridgehead atoms. The third kappa shape index (κ3) is 3.48. The molecule has 2 rings (SSSR count). The van der Waals surface area contributed by atoms with Gasteiger partial charge in [-0.3, -0.25) is 0 Å². The summed E-state index contributed by atoms with van der Waals surface area (Å²) in [5, 5.41) is -0.0450. The first-order valence-electron chi connectivity index (χ1n) is 5.92. The molecule has 0 aliphatic heterocycles. The molecule has 1 aromatic heterocycles. The van der Waals surface area contributed by atoms with E-state index in [0.29, 0.717) is 0 Å². The van der Waals surface area contributed by atoms with Crippen LogP contribution < -0.4 is 0 Å². The van der Waals surface area contributed by atoms with Crippen molar-refractivity contribution >= 4 is 16.2 Å². The topological polar surface area (TPSA) is 59.4 Å². The normalized spacial score (nSPS) is 11.8. The summed E-state index contributed by atoms with van der Waals surface area (Å²) in [6.45, 7) is 2.06. The molecule has 0 spiro atoms. The maximum atomic E-state index is 11.9. The molecule has 0 saturated carbocycles. The Morgan fingerprint density at radius 3 is 2.47 bits per heavy atom. The first-order chi connectivity index (χ1) is 9.12. The van der Waals surface area contributed by atoms with Gasteiger partial charge in [-0.25, -0.2) is 4.98 Å². The molecule has 0 atom stereocenters. The number of benzene rings is 1. The Kier molecular flexibility index (Phi) is 4.06. The average molecular weight is 274 g/mol. The Morgan fingerprint density at radius 2 is 1.89 bits per heavy atom. The quantitative estimate of drug-likeness (QED) is 0.805. The minimum atomic E-state index is -3.72. The summed E-state index contributed by atoms with van der Waals surface area (Å²) in [5.41, 5.74) is 1.95. The number of pyridine rings is 1. The monoisotopic (exact) mass is 274 g/mol. The van der Waals surface area contributed by atoms with Crippen LogP contribution in [-0.2, 0) is 16.4 Å². The number of aromatic nitrogens is 1. The molecule has 0 amide bonds. The SMILES string of the molecule is CCc1ccc(/C=N/S(=O)(=O)c2ccccn2)cc1. The highest BCUT2D eigenvalue weighted by Gasteiger charge is 2.11. The molecule has 19 heavy (non-hydrogen) atoms. The van der Waals surface area contributed by atoms with Crippen LogP contribution >= 0.6 is 0 Å². The molecule has 4 nitrogen and oxygen atoms in total. The predicted octanol–water partition coefficient (Wildman–Crippen LogP) is 2.45. The van der Waals surface area contributed by atoms with Crippen molar-refractivity contribution in [2.24, 2.45) is 4.40 Å². The van der Waals surface area contributed by atoms with Gasteiger partial charge in [0, 0.05) is 12.4 Å². The van der Waals surface area contributed by atoms with Gasteiger partial charge in [0.05, 0.1) is 0 Å². The van der Waals surface area contributed by atoms with Gasteiger partial charge in [-0.05, 0) is 29.7 Å². The van der Waals surface area contributed by atoms with Gasteiger partial charge in [0.1, 0.15) is 0 Å². The third-order valence-corrected chi connectivity index (χ3v) is 3.78. The predicted molar refractivity (Wildman–Crippen MR) is 74.8 cm³/mol. The second kappa shape index (κ2) is 5.75. The van der Waals surface area contributed by atoms with Crippen molar-refractivity contribution in [3.8, 4) is 0 Å². The van der Waals surface area contributed by atoms with E-state index in [9.17, 15) is 8.42 Å². The van der Waals surface area contributed by atoms with Crippen molar-refractivity contribution < 1.29 is 8.42 Å². The smallest absolute Gasteiger partial charge is 0.243 e. The van der Waals surface area contributed by atoms with Gasteiger partial charge in [-0.15, -0.1) is 0 Å². The summed E-state index contributed by atoms with van der Waals surface area (Å²) < 4.78 is 27.4. The molecule has 0 aliphatic carbocycles. The molecule has 0 saturated heterocycles. The van der Waals surface area contributed by atoms with Gasteiger partial charge in [0.2, 0.25) is 0 Å². The molecular formula is C14H14N2O2S. The van der Waals surface area contributed by atoms with Crippen LogP contribution in [0.2, 0.25) is 0 Å². The van der Waals surface area contributed by atoms with Gasteiger partial charge < -0.3 is 0 Å². The van der Waals surface area contributed by atoms with Gasteiger partial charge in [0.15, 0.2) is 5.03 Å². The lowest BCUT2D eigenvalue weighted by atomic mass is 10.1. The summed E-state index contributed by atoms with van der Waals surface area (Å²) in [6.07, 6.45) is 3.71. The number of sulfonamides is 1. The fourth-order valence-corrected chi connectivity index (χ4v) is 2.34. The molecule has 5 heteroatoms. The molecule has 0 fully saturated rings. The zero-order valence-electron chi connectivity index (χ0n) is 10.5. The van der Waals surface area contributed by atoms with Crippen molar-refractivity contribution in [1.29, 1.82) is 0 Å². The lowest BCUT2D eigenvalue weighted by Crippen LogP contribution is -2.00. The second-order valence-corrected chi connectivity index (χ2v) is 5.55. The standard InChI is InChI=1S/C14H14N2O2S/c1-2-12-6-8-13(9-7-12)11-16-19(17,18)14-5-3-4-10-15-14/h3-11H,2H2,1H3/b16-11+. The second-order valence-electron chi connectivity index (χ2n) is 3.97. The molecule has 0 unspecified atom stereocenters. The molecule has 1 heterocycles. The zero-order chi connectivity index (χ0) is 13.7. The third-order valence-electron chi connectivity index (χ3n) is 2.63. The molecule has 0 radical (unpaired) electrons. The lowest BCUT2D eigenvalue weighted by Gasteiger charge is -1.98. The molecule has 2 aromatic rings. The summed E-state index contributed by atoms with van der Waals surface area (Å²) in [4.78, 5) is 3.79. The van der Waals surface area contributed by atoms with Crippen LogP contribution in [0.5, 0.6) is 0 Å². The van der Waals surface area contributed by atoms with Gasteiger partial charge in [0.25, 0.3) is 10.0 Å². The van der Waals surface area contributed by atoms with E-state index < -0.39 is 10.0 Å². The Morgan fingerprint density at radius 1 is 1.16 bits per heavy atom. The highest BCUT2D eigenvalue weighted by atomic mass is 32.2. The highest BCUT2D eigenvalue weighted by Crippen LogP contribution is 2.09. The Balaban J connectivity index is 2.22. The van der Waals surface area contributed by atoms with Crippen LogP contribution in [0.25, 0.3) is 0 Å². The van der Waals surface area contributed by atoms with Crippen LogP contribution in [-0.4, -0.2) is 19.6 Å². The fraction of sp³-hybridized carbons (Fsp3) is 0.143. The minimum Gasteiger partial charge on any atom is -0.243 e. The summed E-state index contributed by atoms with van der Waals surface area (Å²) >= 11 is 0. The fourth-order valence-electron chi connectivity index (χ4n) is 1.52. The molecular weight excluding hydrogens is 260 g/mol. The lowest BCUT2D eigenvalue weighted by molar-refractivity contribution is 0.594. The number of nitrogens with zero attached hydrogens (tertiary/aromatic N) is 2. The highest BCUT2D eigenvalue weighted by molar-refractivity contribution is 7.90. The van der Waals surface area contributed by atoms with Gasteiger partial charge in [-0.1, -0.05) is 37.3 Å². The number of aryl methyl sites for hydroxylation is 1. The van der Waals surface area contributed by atoms with E-state index in [1.54, 1.807) is 12.1 Å². The van der Waals surface area contributed by atoms with Crippen molar-refractivity contribution in [2.75, 3.05) is 0 Å². The van der Waals surface area contributed by atoms with E-state index in [1.807, 2.05) is 24.3 Å². The van der Waals surface area contributed by atoms with E-state index >= 15 is 0 Å². The van der Waals surface area contributed by atoms with Crippen molar-refractivity contribution in [3.05, 3.63) is 59.8 Å². The van der Waals surface area contributed by atoms with Crippen molar-refractivity contribution in [3.63, 3.8) is 0 Å². The molecule has 1 aromatic carbocycles. The largest absolute Gasteiger partial charge is 0.299 e. The summed E-state index contributed by atoms with van der Waals surface area (Å²) in [6, 6.07) is 12.3. The minimum absolute atomic E-state index is 0.0450.